The van der Waals surface area contributed by atoms with Gasteiger partial charge >= 0.3 is 0 Å². The molecule has 0 radical (unpaired) electrons. The van der Waals surface area contributed by atoms with E-state index in [4.69, 9.17) is 4.74 Å². The number of fused-ring (bicyclic) bond motifs is 1. The average molecular weight is 253 g/mol. The number of methoxy groups -OCH3 is 1. The van der Waals surface area contributed by atoms with E-state index in [1.54, 1.807) is 60.7 Å². The van der Waals surface area contributed by atoms with Gasteiger partial charge in [-0.05, 0) is 24.3 Å². The summed E-state index contributed by atoms with van der Waals surface area (Å²) in [5, 5.41) is 4.13. The van der Waals surface area contributed by atoms with Gasteiger partial charge in [0.05, 0.1) is 30.6 Å². The maximum atomic E-state index is 12.4. The Labute approximate surface area is 109 Å². The molecular formula is C14H11N3O2. The molecule has 94 valence electrons. The van der Waals surface area contributed by atoms with Crippen LogP contribution in [0.4, 0.5) is 0 Å². The van der Waals surface area contributed by atoms with Crippen LogP contribution in [0.3, 0.4) is 0 Å². The second kappa shape index (κ2) is 4.53. The van der Waals surface area contributed by atoms with E-state index < -0.39 is 0 Å². The maximum Gasteiger partial charge on any atom is 0.196 e. The van der Waals surface area contributed by atoms with Crippen LogP contribution in [-0.2, 0) is 0 Å². The summed E-state index contributed by atoms with van der Waals surface area (Å²) in [7, 11) is 1.59. The van der Waals surface area contributed by atoms with Crippen LogP contribution in [0.25, 0.3) is 5.52 Å². The molecule has 0 bridgehead atoms. The fraction of sp³-hybridized carbons (Fsp3) is 0.0714. The van der Waals surface area contributed by atoms with E-state index in [2.05, 4.69) is 10.1 Å². The highest BCUT2D eigenvalue weighted by molar-refractivity contribution is 6.12. The molecule has 0 saturated carbocycles. The topological polar surface area (TPSA) is 56.5 Å². The van der Waals surface area contributed by atoms with Crippen molar-refractivity contribution >= 4 is 11.3 Å². The van der Waals surface area contributed by atoms with E-state index in [1.807, 2.05) is 0 Å². The van der Waals surface area contributed by atoms with Crippen molar-refractivity contribution in [1.29, 1.82) is 0 Å². The molecule has 2 heterocycles. The van der Waals surface area contributed by atoms with E-state index in [-0.39, 0.29) is 5.78 Å². The highest BCUT2D eigenvalue weighted by Gasteiger charge is 2.14. The lowest BCUT2D eigenvalue weighted by Crippen LogP contribution is -2.01. The third-order valence-electron chi connectivity index (χ3n) is 2.92. The number of carbonyl (C=O) groups excluding carboxylic acids is 1. The van der Waals surface area contributed by atoms with Gasteiger partial charge in [-0.25, -0.2) is 4.52 Å². The first kappa shape index (κ1) is 11.4. The van der Waals surface area contributed by atoms with Crippen LogP contribution in [0.1, 0.15) is 15.9 Å². The highest BCUT2D eigenvalue weighted by atomic mass is 16.5. The number of ether oxygens (including phenoxy) is 1. The Hall–Kier alpha value is -2.69. The molecule has 19 heavy (non-hydrogen) atoms. The van der Waals surface area contributed by atoms with Crippen molar-refractivity contribution in [2.75, 3.05) is 7.11 Å². The predicted molar refractivity (Wildman–Crippen MR) is 69.4 cm³/mol. The molecule has 0 spiro atoms. The molecular weight excluding hydrogens is 242 g/mol. The molecule has 3 aromatic rings. The third-order valence-corrected chi connectivity index (χ3v) is 2.92. The molecule has 3 rings (SSSR count). The molecule has 1 aromatic carbocycles. The van der Waals surface area contributed by atoms with Crippen molar-refractivity contribution in [3.63, 3.8) is 0 Å². The van der Waals surface area contributed by atoms with Crippen molar-refractivity contribution in [2.24, 2.45) is 0 Å². The number of hydrogen-bond donors (Lipinski definition) is 0. The first-order valence-corrected chi connectivity index (χ1v) is 5.75. The molecule has 0 aliphatic rings. The Morgan fingerprint density at radius 1 is 1.21 bits per heavy atom. The number of aromatic nitrogens is 3. The molecule has 0 fully saturated rings. The Bertz CT molecular complexity index is 732. The lowest BCUT2D eigenvalue weighted by molar-refractivity contribution is 0.104. The minimum atomic E-state index is -0.0781. The predicted octanol–water partition coefficient (Wildman–Crippen LogP) is 1.97. The monoisotopic (exact) mass is 253 g/mol. The second-order valence-corrected chi connectivity index (χ2v) is 4.02. The lowest BCUT2D eigenvalue weighted by Gasteiger charge is -2.02. The highest BCUT2D eigenvalue weighted by Crippen LogP contribution is 2.17. The first-order chi connectivity index (χ1) is 9.29. The summed E-state index contributed by atoms with van der Waals surface area (Å²) in [5.41, 5.74) is 1.83. The summed E-state index contributed by atoms with van der Waals surface area (Å²) in [4.78, 5) is 16.4. The maximum absolute atomic E-state index is 12.4. The third kappa shape index (κ3) is 1.95. The minimum Gasteiger partial charge on any atom is -0.497 e. The molecule has 0 amide bonds. The summed E-state index contributed by atoms with van der Waals surface area (Å²) in [6.45, 7) is 0. The number of nitrogens with zero attached hydrogens (tertiary/aromatic N) is 3. The molecule has 0 aliphatic carbocycles. The van der Waals surface area contributed by atoms with Crippen molar-refractivity contribution in [3.8, 4) is 5.75 Å². The van der Waals surface area contributed by atoms with Gasteiger partial charge in [0.25, 0.3) is 0 Å². The molecule has 0 atom stereocenters. The van der Waals surface area contributed by atoms with Crippen molar-refractivity contribution in [1.82, 2.24) is 14.6 Å². The number of ketones is 1. The van der Waals surface area contributed by atoms with Crippen LogP contribution < -0.4 is 4.74 Å². The molecule has 0 saturated heterocycles. The quantitative estimate of drug-likeness (QED) is 0.670. The molecule has 5 heteroatoms. The number of hydrogen-bond acceptors (Lipinski definition) is 4. The standard InChI is InChI=1S/C14H11N3O2/c1-19-11-4-2-10(3-5-11)14(18)12-8-16-17-7-6-15-9-13(12)17/h2-9H,1H3. The van der Waals surface area contributed by atoms with Gasteiger partial charge < -0.3 is 4.74 Å². The normalized spacial score (nSPS) is 10.6. The van der Waals surface area contributed by atoms with E-state index in [9.17, 15) is 4.79 Å². The molecule has 0 unspecified atom stereocenters. The summed E-state index contributed by atoms with van der Waals surface area (Å²) < 4.78 is 6.70. The SMILES string of the molecule is COc1ccc(C(=O)c2cnn3ccncc23)cc1. The van der Waals surface area contributed by atoms with Gasteiger partial charge in [-0.2, -0.15) is 5.10 Å². The molecule has 5 nitrogen and oxygen atoms in total. The Balaban J connectivity index is 2.03. The van der Waals surface area contributed by atoms with Gasteiger partial charge in [0.15, 0.2) is 5.78 Å². The first-order valence-electron chi connectivity index (χ1n) is 5.75. The van der Waals surface area contributed by atoms with Crippen LogP contribution in [-0.4, -0.2) is 27.5 Å². The average Bonchev–Trinajstić information content (AvgIpc) is 2.90. The van der Waals surface area contributed by atoms with Crippen molar-refractivity contribution in [3.05, 3.63) is 60.2 Å². The Kier molecular flexibility index (Phi) is 2.72. The van der Waals surface area contributed by atoms with Gasteiger partial charge in [-0.3, -0.25) is 9.78 Å². The Morgan fingerprint density at radius 3 is 2.74 bits per heavy atom. The van der Waals surface area contributed by atoms with Gasteiger partial charge in [0, 0.05) is 18.0 Å². The zero-order valence-electron chi connectivity index (χ0n) is 10.3. The fourth-order valence-electron chi connectivity index (χ4n) is 1.91. The zero-order chi connectivity index (χ0) is 13.2. The van der Waals surface area contributed by atoms with Gasteiger partial charge in [-0.15, -0.1) is 0 Å². The Morgan fingerprint density at radius 2 is 2.00 bits per heavy atom. The number of carbonyl (C=O) groups is 1. The second-order valence-electron chi connectivity index (χ2n) is 4.02. The summed E-state index contributed by atoms with van der Waals surface area (Å²) >= 11 is 0. The van der Waals surface area contributed by atoms with Gasteiger partial charge in [0.2, 0.25) is 0 Å². The number of benzene rings is 1. The van der Waals surface area contributed by atoms with Gasteiger partial charge in [-0.1, -0.05) is 0 Å². The van der Waals surface area contributed by atoms with E-state index in [1.165, 1.54) is 0 Å². The van der Waals surface area contributed by atoms with E-state index in [0.717, 1.165) is 5.75 Å². The van der Waals surface area contributed by atoms with Crippen molar-refractivity contribution in [2.45, 2.75) is 0 Å². The zero-order valence-corrected chi connectivity index (χ0v) is 10.3. The summed E-state index contributed by atoms with van der Waals surface area (Å²) in [6.07, 6.45) is 6.52. The van der Waals surface area contributed by atoms with Crippen LogP contribution in [0.2, 0.25) is 0 Å². The minimum absolute atomic E-state index is 0.0781. The largest absolute Gasteiger partial charge is 0.497 e. The van der Waals surface area contributed by atoms with Crippen LogP contribution in [0, 0.1) is 0 Å². The molecule has 2 aromatic heterocycles. The summed E-state index contributed by atoms with van der Waals surface area (Å²) in [5.74, 6) is 0.642. The van der Waals surface area contributed by atoms with E-state index in [0.29, 0.717) is 16.6 Å². The smallest absolute Gasteiger partial charge is 0.196 e. The van der Waals surface area contributed by atoms with Crippen LogP contribution in [0.15, 0.2) is 49.1 Å². The van der Waals surface area contributed by atoms with Crippen LogP contribution in [0.5, 0.6) is 5.75 Å². The summed E-state index contributed by atoms with van der Waals surface area (Å²) in [6, 6.07) is 7.00. The number of rotatable bonds is 3. The van der Waals surface area contributed by atoms with Gasteiger partial charge in [0.1, 0.15) is 5.75 Å². The van der Waals surface area contributed by atoms with E-state index >= 15 is 0 Å². The van der Waals surface area contributed by atoms with Crippen LogP contribution >= 0.6 is 0 Å². The lowest BCUT2D eigenvalue weighted by atomic mass is 10.1. The molecule has 0 aliphatic heterocycles. The molecule has 0 N–H and O–H groups in total. The van der Waals surface area contributed by atoms with Crippen molar-refractivity contribution < 1.29 is 9.53 Å². The fourth-order valence-corrected chi connectivity index (χ4v) is 1.91.